The van der Waals surface area contributed by atoms with Crippen LogP contribution < -0.4 is 0 Å². The standard InChI is InChI=1S/C8H14N2O/c1-6(2)7-4-9-8(5-11)10(7)3/h4,6,11H,5H2,1-3H3. The van der Waals surface area contributed by atoms with E-state index < -0.39 is 0 Å². The SMILES string of the molecule is CC(C)c1cnc(CO)n1C. The molecule has 0 atom stereocenters. The van der Waals surface area contributed by atoms with Gasteiger partial charge in [-0.05, 0) is 5.92 Å². The van der Waals surface area contributed by atoms with Gasteiger partial charge in [0.15, 0.2) is 0 Å². The summed E-state index contributed by atoms with van der Waals surface area (Å²) in [5.74, 6) is 1.20. The highest BCUT2D eigenvalue weighted by Crippen LogP contribution is 2.14. The molecule has 0 aliphatic rings. The molecule has 0 saturated heterocycles. The molecule has 0 unspecified atom stereocenters. The predicted octanol–water partition coefficient (Wildman–Crippen LogP) is 1.04. The van der Waals surface area contributed by atoms with Crippen molar-refractivity contribution in [1.29, 1.82) is 0 Å². The first-order valence-electron chi connectivity index (χ1n) is 3.78. The Hall–Kier alpha value is -0.830. The lowest BCUT2D eigenvalue weighted by Crippen LogP contribution is -2.02. The summed E-state index contributed by atoms with van der Waals surface area (Å²) in [6.45, 7) is 4.24. The minimum absolute atomic E-state index is 0.0171. The van der Waals surface area contributed by atoms with E-state index in [0.29, 0.717) is 5.92 Å². The van der Waals surface area contributed by atoms with Gasteiger partial charge in [0.1, 0.15) is 12.4 Å². The molecule has 0 aliphatic carbocycles. The van der Waals surface area contributed by atoms with Crippen molar-refractivity contribution in [2.24, 2.45) is 7.05 Å². The number of rotatable bonds is 2. The van der Waals surface area contributed by atoms with E-state index in [9.17, 15) is 0 Å². The average Bonchev–Trinajstić information content (AvgIpc) is 2.30. The largest absolute Gasteiger partial charge is 0.388 e. The summed E-state index contributed by atoms with van der Waals surface area (Å²) in [7, 11) is 1.92. The van der Waals surface area contributed by atoms with E-state index in [1.807, 2.05) is 17.8 Å². The second kappa shape index (κ2) is 3.05. The number of hydrogen-bond donors (Lipinski definition) is 1. The van der Waals surface area contributed by atoms with E-state index in [2.05, 4.69) is 18.8 Å². The molecule has 62 valence electrons. The van der Waals surface area contributed by atoms with Gasteiger partial charge in [-0.2, -0.15) is 0 Å². The zero-order valence-electron chi connectivity index (χ0n) is 7.20. The van der Waals surface area contributed by atoms with Crippen LogP contribution in [-0.2, 0) is 13.7 Å². The van der Waals surface area contributed by atoms with Crippen molar-refractivity contribution in [3.8, 4) is 0 Å². The van der Waals surface area contributed by atoms with Crippen molar-refractivity contribution >= 4 is 0 Å². The molecule has 1 rings (SSSR count). The Morgan fingerprint density at radius 3 is 2.55 bits per heavy atom. The molecule has 0 bridgehead atoms. The van der Waals surface area contributed by atoms with Crippen molar-refractivity contribution < 1.29 is 5.11 Å². The second-order valence-electron chi connectivity index (χ2n) is 2.97. The highest BCUT2D eigenvalue weighted by molar-refractivity contribution is 5.08. The van der Waals surface area contributed by atoms with Crippen LogP contribution >= 0.6 is 0 Å². The molecule has 1 N–H and O–H groups in total. The molecule has 0 fully saturated rings. The monoisotopic (exact) mass is 154 g/mol. The fourth-order valence-corrected chi connectivity index (χ4v) is 1.15. The fraction of sp³-hybridized carbons (Fsp3) is 0.625. The zero-order chi connectivity index (χ0) is 8.43. The Morgan fingerprint density at radius 1 is 1.64 bits per heavy atom. The van der Waals surface area contributed by atoms with Crippen LogP contribution in [0.4, 0.5) is 0 Å². The van der Waals surface area contributed by atoms with E-state index in [0.717, 1.165) is 11.5 Å². The molecule has 0 amide bonds. The average molecular weight is 154 g/mol. The van der Waals surface area contributed by atoms with Crippen LogP contribution in [-0.4, -0.2) is 14.7 Å². The fourth-order valence-electron chi connectivity index (χ4n) is 1.15. The van der Waals surface area contributed by atoms with Gasteiger partial charge in [0.25, 0.3) is 0 Å². The number of imidazole rings is 1. The minimum atomic E-state index is 0.0171. The Kier molecular flexibility index (Phi) is 2.29. The molecule has 1 aromatic rings. The lowest BCUT2D eigenvalue weighted by atomic mass is 10.1. The first-order valence-corrected chi connectivity index (χ1v) is 3.78. The molecule has 3 heteroatoms. The van der Waals surface area contributed by atoms with Crippen LogP contribution in [0.5, 0.6) is 0 Å². The number of nitrogens with zero attached hydrogens (tertiary/aromatic N) is 2. The summed E-state index contributed by atoms with van der Waals surface area (Å²) in [5.41, 5.74) is 1.16. The lowest BCUT2D eigenvalue weighted by molar-refractivity contribution is 0.267. The lowest BCUT2D eigenvalue weighted by Gasteiger charge is -2.06. The summed E-state index contributed by atoms with van der Waals surface area (Å²) in [4.78, 5) is 4.07. The molecule has 0 spiro atoms. The first-order chi connectivity index (χ1) is 5.16. The van der Waals surface area contributed by atoms with E-state index >= 15 is 0 Å². The Labute approximate surface area is 66.7 Å². The van der Waals surface area contributed by atoms with Crippen molar-refractivity contribution in [3.63, 3.8) is 0 Å². The molecule has 0 aliphatic heterocycles. The van der Waals surface area contributed by atoms with Gasteiger partial charge in [-0.15, -0.1) is 0 Å². The van der Waals surface area contributed by atoms with Gasteiger partial charge in [-0.1, -0.05) is 13.8 Å². The third kappa shape index (κ3) is 1.43. The van der Waals surface area contributed by atoms with E-state index in [1.54, 1.807) is 0 Å². The number of aromatic nitrogens is 2. The summed E-state index contributed by atoms with van der Waals surface area (Å²) in [5, 5.41) is 8.83. The summed E-state index contributed by atoms with van der Waals surface area (Å²) < 4.78 is 1.94. The van der Waals surface area contributed by atoms with Gasteiger partial charge in [0, 0.05) is 18.9 Å². The van der Waals surface area contributed by atoms with Gasteiger partial charge in [0.2, 0.25) is 0 Å². The number of aliphatic hydroxyl groups excluding tert-OH is 1. The molecular weight excluding hydrogens is 140 g/mol. The first kappa shape index (κ1) is 8.27. The van der Waals surface area contributed by atoms with Gasteiger partial charge >= 0.3 is 0 Å². The molecule has 1 aromatic heterocycles. The summed E-state index contributed by atoms with van der Waals surface area (Å²) in [6.07, 6.45) is 1.82. The van der Waals surface area contributed by atoms with E-state index in [1.165, 1.54) is 0 Å². The van der Waals surface area contributed by atoms with Crippen LogP contribution in [0.2, 0.25) is 0 Å². The van der Waals surface area contributed by atoms with E-state index in [4.69, 9.17) is 5.11 Å². The topological polar surface area (TPSA) is 38.1 Å². The normalized spacial score (nSPS) is 11.0. The maximum atomic E-state index is 8.83. The quantitative estimate of drug-likeness (QED) is 0.691. The highest BCUT2D eigenvalue weighted by Gasteiger charge is 2.07. The molecule has 11 heavy (non-hydrogen) atoms. The van der Waals surface area contributed by atoms with Crippen molar-refractivity contribution in [2.75, 3.05) is 0 Å². The molecule has 0 saturated carbocycles. The number of hydrogen-bond acceptors (Lipinski definition) is 2. The molecular formula is C8H14N2O. The van der Waals surface area contributed by atoms with E-state index in [-0.39, 0.29) is 6.61 Å². The number of aliphatic hydroxyl groups is 1. The molecule has 1 heterocycles. The van der Waals surface area contributed by atoms with Gasteiger partial charge in [-0.25, -0.2) is 4.98 Å². The van der Waals surface area contributed by atoms with Crippen LogP contribution in [0.3, 0.4) is 0 Å². The molecule has 0 radical (unpaired) electrons. The summed E-state index contributed by atoms with van der Waals surface area (Å²) >= 11 is 0. The molecule has 0 aromatic carbocycles. The van der Waals surface area contributed by atoms with Crippen LogP contribution in [0, 0.1) is 0 Å². The third-order valence-corrected chi connectivity index (χ3v) is 1.85. The van der Waals surface area contributed by atoms with Crippen LogP contribution in [0.1, 0.15) is 31.3 Å². The minimum Gasteiger partial charge on any atom is -0.388 e. The van der Waals surface area contributed by atoms with Gasteiger partial charge in [-0.3, -0.25) is 0 Å². The third-order valence-electron chi connectivity index (χ3n) is 1.85. The predicted molar refractivity (Wildman–Crippen MR) is 43.2 cm³/mol. The maximum absolute atomic E-state index is 8.83. The Morgan fingerprint density at radius 2 is 2.27 bits per heavy atom. The van der Waals surface area contributed by atoms with Crippen molar-refractivity contribution in [1.82, 2.24) is 9.55 Å². The van der Waals surface area contributed by atoms with Gasteiger partial charge in [0.05, 0.1) is 0 Å². The maximum Gasteiger partial charge on any atom is 0.134 e. The van der Waals surface area contributed by atoms with Gasteiger partial charge < -0.3 is 9.67 Å². The van der Waals surface area contributed by atoms with Crippen LogP contribution in [0.25, 0.3) is 0 Å². The summed E-state index contributed by atoms with van der Waals surface area (Å²) in [6, 6.07) is 0. The van der Waals surface area contributed by atoms with Crippen molar-refractivity contribution in [2.45, 2.75) is 26.4 Å². The Balaban J connectivity index is 3.00. The Bertz CT molecular complexity index is 240. The smallest absolute Gasteiger partial charge is 0.134 e. The van der Waals surface area contributed by atoms with Crippen molar-refractivity contribution in [3.05, 3.63) is 17.7 Å². The molecule has 3 nitrogen and oxygen atoms in total. The van der Waals surface area contributed by atoms with Crippen LogP contribution in [0.15, 0.2) is 6.20 Å². The zero-order valence-corrected chi connectivity index (χ0v) is 7.20. The second-order valence-corrected chi connectivity index (χ2v) is 2.97. The highest BCUT2D eigenvalue weighted by atomic mass is 16.3.